The molecule has 1 N–H and O–H groups in total. The van der Waals surface area contributed by atoms with Crippen molar-refractivity contribution in [3.8, 4) is 0 Å². The number of rotatable bonds is 3. The third-order valence-corrected chi connectivity index (χ3v) is 5.04. The third kappa shape index (κ3) is 2.75. The fraction of sp³-hybridized carbons (Fsp3) is 0.364. The molecule has 0 spiro atoms. The van der Waals surface area contributed by atoms with Crippen LogP contribution in [0.3, 0.4) is 0 Å². The molecular weight excluding hydrogens is 400 g/mol. The van der Waals surface area contributed by atoms with Crippen LogP contribution in [-0.2, 0) is 4.79 Å². The van der Waals surface area contributed by atoms with Crippen LogP contribution in [-0.4, -0.2) is 34.7 Å². The van der Waals surface area contributed by atoms with Crippen molar-refractivity contribution < 1.29 is 14.4 Å². The van der Waals surface area contributed by atoms with E-state index in [1.165, 1.54) is 11.3 Å². The predicted molar refractivity (Wildman–Crippen MR) is 78.4 cm³/mol. The minimum Gasteiger partial charge on any atom is -0.324 e. The Morgan fingerprint density at radius 1 is 1.42 bits per heavy atom. The van der Waals surface area contributed by atoms with Crippen LogP contribution in [0.5, 0.6) is 0 Å². The standard InChI is InChI=1S/C11H10Br2N2O3S/c1-11(2)9(17)15(10(18)14-11)4-6(16)5-3-7(12)19-8(5)13/h3H,4H2,1-2H3,(H,14,18). The molecule has 19 heavy (non-hydrogen) atoms. The van der Waals surface area contributed by atoms with E-state index in [0.29, 0.717) is 9.35 Å². The average Bonchev–Trinajstić information content (AvgIpc) is 2.71. The molecule has 3 amide bonds. The van der Waals surface area contributed by atoms with Gasteiger partial charge in [0.15, 0.2) is 5.78 Å². The number of carbonyl (C=O) groups is 3. The number of urea groups is 1. The summed E-state index contributed by atoms with van der Waals surface area (Å²) >= 11 is 7.93. The van der Waals surface area contributed by atoms with E-state index in [2.05, 4.69) is 37.2 Å². The van der Waals surface area contributed by atoms with Crippen molar-refractivity contribution in [2.24, 2.45) is 0 Å². The minimum absolute atomic E-state index is 0.254. The van der Waals surface area contributed by atoms with E-state index in [1.807, 2.05) is 0 Å². The number of amides is 3. The Bertz CT molecular complexity index is 582. The molecule has 1 aliphatic heterocycles. The lowest BCUT2D eigenvalue weighted by Gasteiger charge is -2.15. The van der Waals surface area contributed by atoms with E-state index in [4.69, 9.17) is 0 Å². The SMILES string of the molecule is CC1(C)NC(=O)N(CC(=O)c2cc(Br)sc2Br)C1=O. The maximum Gasteiger partial charge on any atom is 0.325 e. The van der Waals surface area contributed by atoms with Crippen LogP contribution in [0, 0.1) is 0 Å². The molecule has 1 aliphatic rings. The van der Waals surface area contributed by atoms with Crippen LogP contribution >= 0.6 is 43.2 Å². The highest BCUT2D eigenvalue weighted by atomic mass is 79.9. The molecule has 102 valence electrons. The number of hydrogen-bond acceptors (Lipinski definition) is 4. The lowest BCUT2D eigenvalue weighted by molar-refractivity contribution is -0.129. The molecule has 0 aliphatic carbocycles. The largest absolute Gasteiger partial charge is 0.325 e. The van der Waals surface area contributed by atoms with Gasteiger partial charge in [-0.3, -0.25) is 14.5 Å². The van der Waals surface area contributed by atoms with E-state index >= 15 is 0 Å². The first kappa shape index (κ1) is 14.7. The quantitative estimate of drug-likeness (QED) is 0.616. The summed E-state index contributed by atoms with van der Waals surface area (Å²) in [6.45, 7) is 2.96. The molecule has 0 bridgehead atoms. The summed E-state index contributed by atoms with van der Waals surface area (Å²) in [5, 5.41) is 2.54. The monoisotopic (exact) mass is 408 g/mol. The second kappa shape index (κ2) is 4.99. The summed E-state index contributed by atoms with van der Waals surface area (Å²) in [6.07, 6.45) is 0. The van der Waals surface area contributed by atoms with Crippen LogP contribution in [0.1, 0.15) is 24.2 Å². The van der Waals surface area contributed by atoms with Gasteiger partial charge < -0.3 is 5.32 Å². The zero-order valence-corrected chi connectivity index (χ0v) is 14.1. The van der Waals surface area contributed by atoms with Gasteiger partial charge >= 0.3 is 6.03 Å². The van der Waals surface area contributed by atoms with Gasteiger partial charge in [-0.05, 0) is 51.8 Å². The number of nitrogens with zero attached hydrogens (tertiary/aromatic N) is 1. The Balaban J connectivity index is 2.18. The molecule has 5 nitrogen and oxygen atoms in total. The van der Waals surface area contributed by atoms with Crippen molar-refractivity contribution in [2.75, 3.05) is 6.54 Å². The zero-order valence-electron chi connectivity index (χ0n) is 10.1. The fourth-order valence-corrected chi connectivity index (χ4v) is 4.58. The lowest BCUT2D eigenvalue weighted by atomic mass is 10.1. The number of ketones is 1. The maximum atomic E-state index is 12.1. The first-order chi connectivity index (χ1) is 8.72. The number of Topliss-reactive ketones (excluding diaryl/α,β-unsaturated/α-hetero) is 1. The van der Waals surface area contributed by atoms with E-state index in [9.17, 15) is 14.4 Å². The normalized spacial score (nSPS) is 17.8. The summed E-state index contributed by atoms with van der Waals surface area (Å²) in [5.41, 5.74) is -0.494. The Morgan fingerprint density at radius 2 is 2.05 bits per heavy atom. The number of thiophene rings is 1. The molecule has 1 fully saturated rings. The van der Waals surface area contributed by atoms with Crippen molar-refractivity contribution in [1.29, 1.82) is 0 Å². The van der Waals surface area contributed by atoms with Crippen molar-refractivity contribution in [2.45, 2.75) is 19.4 Å². The Hall–Kier alpha value is -0.730. The lowest BCUT2D eigenvalue weighted by Crippen LogP contribution is -2.41. The summed E-state index contributed by atoms with van der Waals surface area (Å²) < 4.78 is 1.48. The second-order valence-electron chi connectivity index (χ2n) is 4.61. The zero-order chi connectivity index (χ0) is 14.4. The van der Waals surface area contributed by atoms with E-state index in [-0.39, 0.29) is 12.3 Å². The summed E-state index contributed by atoms with van der Waals surface area (Å²) in [7, 11) is 0. The number of halogens is 2. The molecule has 2 heterocycles. The highest BCUT2D eigenvalue weighted by molar-refractivity contribution is 9.12. The molecular formula is C11H10Br2N2O3S. The highest BCUT2D eigenvalue weighted by Gasteiger charge is 2.45. The molecule has 0 radical (unpaired) electrons. The van der Waals surface area contributed by atoms with Crippen LogP contribution in [0.25, 0.3) is 0 Å². The van der Waals surface area contributed by atoms with E-state index < -0.39 is 17.5 Å². The Kier molecular flexibility index (Phi) is 3.85. The summed E-state index contributed by atoms with van der Waals surface area (Å²) in [6, 6.07) is 1.13. The minimum atomic E-state index is -0.955. The predicted octanol–water partition coefficient (Wildman–Crippen LogP) is 2.79. The molecule has 2 rings (SSSR count). The van der Waals surface area contributed by atoms with Crippen molar-refractivity contribution in [3.05, 3.63) is 19.2 Å². The Morgan fingerprint density at radius 3 is 2.47 bits per heavy atom. The number of imide groups is 1. The maximum absolute atomic E-state index is 12.1. The van der Waals surface area contributed by atoms with Gasteiger partial charge in [-0.2, -0.15) is 0 Å². The van der Waals surface area contributed by atoms with Crippen LogP contribution < -0.4 is 5.32 Å². The topological polar surface area (TPSA) is 66.5 Å². The Labute approximate surface area is 130 Å². The van der Waals surface area contributed by atoms with Crippen LogP contribution in [0.4, 0.5) is 4.79 Å². The molecule has 0 aromatic carbocycles. The fourth-order valence-electron chi connectivity index (χ4n) is 1.72. The summed E-state index contributed by atoms with van der Waals surface area (Å²) in [4.78, 5) is 36.7. The van der Waals surface area contributed by atoms with Gasteiger partial charge in [0.05, 0.1) is 14.1 Å². The number of hydrogen-bond donors (Lipinski definition) is 1. The van der Waals surface area contributed by atoms with Gasteiger partial charge in [0.25, 0.3) is 5.91 Å². The third-order valence-electron chi connectivity index (χ3n) is 2.70. The number of nitrogens with one attached hydrogen (secondary N) is 1. The first-order valence-corrected chi connectivity index (χ1v) is 7.75. The molecule has 8 heteroatoms. The highest BCUT2D eigenvalue weighted by Crippen LogP contribution is 2.32. The van der Waals surface area contributed by atoms with Gasteiger partial charge in [0.1, 0.15) is 5.54 Å². The molecule has 1 saturated heterocycles. The number of carbonyl (C=O) groups excluding carboxylic acids is 3. The second-order valence-corrected chi connectivity index (χ2v) is 8.36. The van der Waals surface area contributed by atoms with Crippen molar-refractivity contribution in [1.82, 2.24) is 10.2 Å². The van der Waals surface area contributed by atoms with E-state index in [0.717, 1.165) is 8.69 Å². The van der Waals surface area contributed by atoms with E-state index in [1.54, 1.807) is 19.9 Å². The van der Waals surface area contributed by atoms with Crippen LogP contribution in [0.15, 0.2) is 13.6 Å². The average molecular weight is 410 g/mol. The molecule has 1 aromatic rings. The van der Waals surface area contributed by atoms with Crippen LogP contribution in [0.2, 0.25) is 0 Å². The van der Waals surface area contributed by atoms with Crippen molar-refractivity contribution in [3.63, 3.8) is 0 Å². The van der Waals surface area contributed by atoms with Gasteiger partial charge in [0.2, 0.25) is 0 Å². The summed E-state index contributed by atoms with van der Waals surface area (Å²) in [5.74, 6) is -0.675. The van der Waals surface area contributed by atoms with Gasteiger partial charge in [-0.25, -0.2) is 4.79 Å². The van der Waals surface area contributed by atoms with Crippen molar-refractivity contribution >= 4 is 60.9 Å². The van der Waals surface area contributed by atoms with Gasteiger partial charge in [-0.15, -0.1) is 11.3 Å². The molecule has 1 aromatic heterocycles. The van der Waals surface area contributed by atoms with Gasteiger partial charge in [0, 0.05) is 5.56 Å². The van der Waals surface area contributed by atoms with Gasteiger partial charge in [-0.1, -0.05) is 0 Å². The smallest absolute Gasteiger partial charge is 0.324 e. The molecule has 0 unspecified atom stereocenters. The molecule has 0 atom stereocenters. The first-order valence-electron chi connectivity index (χ1n) is 5.34. The molecule has 0 saturated carbocycles.